The van der Waals surface area contributed by atoms with Crippen LogP contribution in [0.4, 0.5) is 0 Å². The number of hydrogen-bond acceptors (Lipinski definition) is 11. The Morgan fingerprint density at radius 2 is 1.48 bits per heavy atom. The van der Waals surface area contributed by atoms with E-state index in [1.165, 1.54) is 27.7 Å². The molecule has 0 unspecified atom stereocenters. The number of rotatable bonds is 5. The predicted molar refractivity (Wildman–Crippen MR) is 153 cm³/mol. The number of Topliss-reactive ketones (excluding diaryl/α,β-unsaturated/α-hetero) is 1. The Hall–Kier alpha value is -3.31. The van der Waals surface area contributed by atoms with Crippen LogP contribution in [0.15, 0.2) is 30.3 Å². The summed E-state index contributed by atoms with van der Waals surface area (Å²) in [5.74, 6) is -5.72. The highest BCUT2D eigenvalue weighted by molar-refractivity contribution is 5.92. The molecule has 0 spiro atoms. The number of hydrogen-bond donors (Lipinski definition) is 2. The summed E-state index contributed by atoms with van der Waals surface area (Å²) in [6.07, 6.45) is -3.91. The first-order valence-electron chi connectivity index (χ1n) is 15.1. The van der Waals surface area contributed by atoms with Gasteiger partial charge in [0.2, 0.25) is 0 Å². The maximum Gasteiger partial charge on any atom is 0.338 e. The van der Waals surface area contributed by atoms with Crippen LogP contribution < -0.4 is 0 Å². The van der Waals surface area contributed by atoms with Crippen LogP contribution in [-0.2, 0) is 38.1 Å². The van der Waals surface area contributed by atoms with Gasteiger partial charge in [-0.25, -0.2) is 4.79 Å². The molecule has 11 nitrogen and oxygen atoms in total. The molecule has 0 amide bonds. The van der Waals surface area contributed by atoms with Gasteiger partial charge in [-0.05, 0) is 37.8 Å². The van der Waals surface area contributed by atoms with Crippen LogP contribution >= 0.6 is 0 Å². The van der Waals surface area contributed by atoms with Gasteiger partial charge in [0.15, 0.2) is 11.4 Å². The van der Waals surface area contributed by atoms with Gasteiger partial charge in [0, 0.05) is 50.4 Å². The smallest absolute Gasteiger partial charge is 0.338 e. The molecule has 1 aromatic rings. The number of carbonyl (C=O) groups is 5. The van der Waals surface area contributed by atoms with E-state index in [1.54, 1.807) is 51.1 Å². The molecule has 0 aromatic heterocycles. The summed E-state index contributed by atoms with van der Waals surface area (Å²) in [7, 11) is 0. The first-order valence-corrected chi connectivity index (χ1v) is 15.1. The standard InChI is InChI=1S/C33H42O11/c1-17-13-32(40)24(25(17)43-27(38)21-11-9-8-10-12-21)26(41-18(2)34)30(6)16-33(44-20(4)36)22(14-29(5,39)15-23(33)37)31(30,7)28(32)42-19(3)35/h8-12,17,22,24-26,28,39-40H,13-16H2,1-7H3/t17-,22-,24+,25-,26+,28+,29-,30-,31+,32+,33-/m0/s1. The number of aliphatic hydroxyl groups is 2. The minimum absolute atomic E-state index is 0.00338. The van der Waals surface area contributed by atoms with Gasteiger partial charge in [-0.1, -0.05) is 39.0 Å². The summed E-state index contributed by atoms with van der Waals surface area (Å²) in [5, 5.41) is 24.1. The number of fused-ring (bicyclic) bond motifs is 4. The van der Waals surface area contributed by atoms with Crippen LogP contribution in [0.3, 0.4) is 0 Å². The fraction of sp³-hybridized carbons (Fsp3) is 0.667. The van der Waals surface area contributed by atoms with Gasteiger partial charge < -0.3 is 29.2 Å². The van der Waals surface area contributed by atoms with Crippen molar-refractivity contribution in [2.45, 2.75) is 109 Å². The first kappa shape index (κ1) is 32.1. The molecule has 0 radical (unpaired) electrons. The van der Waals surface area contributed by atoms with Crippen molar-refractivity contribution in [3.05, 3.63) is 35.9 Å². The van der Waals surface area contributed by atoms with E-state index in [4.69, 9.17) is 18.9 Å². The quantitative estimate of drug-likeness (QED) is 0.370. The van der Waals surface area contributed by atoms with E-state index in [0.717, 1.165) is 0 Å². The molecular weight excluding hydrogens is 572 g/mol. The minimum atomic E-state index is -1.90. The van der Waals surface area contributed by atoms with E-state index >= 15 is 0 Å². The zero-order valence-electron chi connectivity index (χ0n) is 26.2. The van der Waals surface area contributed by atoms with Gasteiger partial charge in [0.25, 0.3) is 0 Å². The maximum atomic E-state index is 14.0. The van der Waals surface area contributed by atoms with E-state index < -0.39 is 93.4 Å². The summed E-state index contributed by atoms with van der Waals surface area (Å²) >= 11 is 0. The van der Waals surface area contributed by atoms with Crippen LogP contribution in [0, 0.1) is 28.6 Å². The highest BCUT2D eigenvalue weighted by Crippen LogP contribution is 2.75. The third kappa shape index (κ3) is 4.57. The zero-order valence-corrected chi connectivity index (χ0v) is 26.2. The molecule has 4 aliphatic rings. The van der Waals surface area contributed by atoms with Crippen molar-refractivity contribution in [1.29, 1.82) is 0 Å². The van der Waals surface area contributed by atoms with Crippen LogP contribution in [0.25, 0.3) is 0 Å². The molecular formula is C33H42O11. The number of esters is 4. The van der Waals surface area contributed by atoms with Crippen molar-refractivity contribution in [2.24, 2.45) is 28.6 Å². The van der Waals surface area contributed by atoms with E-state index in [2.05, 4.69) is 0 Å². The van der Waals surface area contributed by atoms with Crippen molar-refractivity contribution in [3.8, 4) is 0 Å². The Morgan fingerprint density at radius 3 is 2.05 bits per heavy atom. The lowest BCUT2D eigenvalue weighted by atomic mass is 9.46. The second kappa shape index (κ2) is 10.4. The first-order chi connectivity index (χ1) is 20.3. The molecule has 0 heterocycles. The monoisotopic (exact) mass is 614 g/mol. The van der Waals surface area contributed by atoms with Crippen LogP contribution in [-0.4, -0.2) is 75.0 Å². The van der Waals surface area contributed by atoms with Gasteiger partial charge in [-0.3, -0.25) is 19.2 Å². The molecule has 4 fully saturated rings. The second-order valence-corrected chi connectivity index (χ2v) is 14.2. The predicted octanol–water partition coefficient (Wildman–Crippen LogP) is 2.92. The molecule has 4 aliphatic carbocycles. The molecule has 0 bridgehead atoms. The summed E-state index contributed by atoms with van der Waals surface area (Å²) in [5.41, 5.74) is -7.53. The molecule has 1 aromatic carbocycles. The van der Waals surface area contributed by atoms with E-state index in [-0.39, 0.29) is 31.2 Å². The third-order valence-electron chi connectivity index (χ3n) is 11.1. The lowest BCUT2D eigenvalue weighted by Crippen LogP contribution is -2.73. The Bertz CT molecular complexity index is 1390. The Morgan fingerprint density at radius 1 is 0.864 bits per heavy atom. The molecule has 11 heteroatoms. The number of carbonyl (C=O) groups excluding carboxylic acids is 5. The largest absolute Gasteiger partial charge is 0.461 e. The summed E-state index contributed by atoms with van der Waals surface area (Å²) in [6.45, 7) is 10.4. The van der Waals surface area contributed by atoms with Crippen LogP contribution in [0.5, 0.6) is 0 Å². The molecule has 0 saturated heterocycles. The van der Waals surface area contributed by atoms with E-state index in [0.29, 0.717) is 0 Å². The van der Waals surface area contributed by atoms with E-state index in [1.807, 2.05) is 0 Å². The van der Waals surface area contributed by atoms with Crippen molar-refractivity contribution in [3.63, 3.8) is 0 Å². The third-order valence-corrected chi connectivity index (χ3v) is 11.1. The molecule has 2 N–H and O–H groups in total. The molecule has 11 atom stereocenters. The summed E-state index contributed by atoms with van der Waals surface area (Å²) < 4.78 is 24.1. The maximum absolute atomic E-state index is 14.0. The molecule has 4 saturated carbocycles. The Balaban J connectivity index is 1.74. The topological polar surface area (TPSA) is 163 Å². The van der Waals surface area contributed by atoms with Gasteiger partial charge >= 0.3 is 23.9 Å². The number of ether oxygens (including phenoxy) is 4. The van der Waals surface area contributed by atoms with E-state index in [9.17, 15) is 34.2 Å². The van der Waals surface area contributed by atoms with Crippen molar-refractivity contribution in [1.82, 2.24) is 0 Å². The number of benzene rings is 1. The lowest BCUT2D eigenvalue weighted by Gasteiger charge is -2.62. The van der Waals surface area contributed by atoms with Crippen molar-refractivity contribution in [2.75, 3.05) is 0 Å². The zero-order chi connectivity index (χ0) is 32.6. The fourth-order valence-electron chi connectivity index (χ4n) is 9.49. The average Bonchev–Trinajstić information content (AvgIpc) is 3.26. The van der Waals surface area contributed by atoms with Gasteiger partial charge in [-0.2, -0.15) is 0 Å². The average molecular weight is 615 g/mol. The minimum Gasteiger partial charge on any atom is -0.461 e. The normalized spacial score (nSPS) is 44.1. The molecule has 44 heavy (non-hydrogen) atoms. The van der Waals surface area contributed by atoms with Gasteiger partial charge in [-0.15, -0.1) is 0 Å². The molecule has 240 valence electrons. The molecule has 5 rings (SSSR count). The van der Waals surface area contributed by atoms with Gasteiger partial charge in [0.1, 0.15) is 23.9 Å². The summed E-state index contributed by atoms with van der Waals surface area (Å²) in [4.78, 5) is 65.5. The lowest BCUT2D eigenvalue weighted by molar-refractivity contribution is -0.287. The van der Waals surface area contributed by atoms with Crippen LogP contribution in [0.2, 0.25) is 0 Å². The Kier molecular flexibility index (Phi) is 7.56. The van der Waals surface area contributed by atoms with Gasteiger partial charge in [0.05, 0.1) is 17.1 Å². The second-order valence-electron chi connectivity index (χ2n) is 14.2. The highest BCUT2D eigenvalue weighted by atomic mass is 16.6. The van der Waals surface area contributed by atoms with Crippen molar-refractivity contribution >= 4 is 29.7 Å². The fourth-order valence-corrected chi connectivity index (χ4v) is 9.49. The molecule has 0 aliphatic heterocycles. The SMILES string of the molecule is CC(=O)O[C@@H]1[C@H]2[C@@H](OC(=O)c3ccccc3)[C@@H](C)C[C@]2(O)[C@H](OC(C)=O)[C@@]2(C)[C@@H]3C[C@](C)(O)CC(=O)[C@]3(OC(C)=O)C[C@@]12C. The highest BCUT2D eigenvalue weighted by Gasteiger charge is 2.84. The van der Waals surface area contributed by atoms with Crippen LogP contribution in [0.1, 0.15) is 84.5 Å². The van der Waals surface area contributed by atoms with Crippen molar-refractivity contribution < 1.29 is 53.1 Å². The summed E-state index contributed by atoms with van der Waals surface area (Å²) in [6, 6.07) is 8.34. The number of ketones is 1. The Labute approximate surface area is 256 Å².